The number of rotatable bonds is 1. The second kappa shape index (κ2) is 4.17. The monoisotopic (exact) mass is 221 g/mol. The van der Waals surface area contributed by atoms with E-state index < -0.39 is 0 Å². The van der Waals surface area contributed by atoms with Crippen molar-refractivity contribution in [1.82, 2.24) is 5.32 Å². The average Bonchev–Trinajstić information content (AvgIpc) is 2.15. The Morgan fingerprint density at radius 2 is 2.12 bits per heavy atom. The number of hydrogen-bond acceptors (Lipinski definition) is 1. The lowest BCUT2D eigenvalue weighted by atomic mass is 9.80. The van der Waals surface area contributed by atoms with Crippen LogP contribution in [0.1, 0.15) is 43.7 Å². The number of piperidine rings is 1. The van der Waals surface area contributed by atoms with Crippen molar-refractivity contribution in [2.24, 2.45) is 0 Å². The Bertz CT molecular complexity index is 384. The standard InChI is InChI=1S/C14H20FN/c1-10-4-5-12(13(15)8-10)11-6-7-16-14(2,3)9-11/h4-5,8,11,16H,6-7,9H2,1-3H3. The van der Waals surface area contributed by atoms with Crippen LogP contribution in [0.3, 0.4) is 0 Å². The molecule has 1 fully saturated rings. The van der Waals surface area contributed by atoms with Crippen LogP contribution in [0, 0.1) is 12.7 Å². The van der Waals surface area contributed by atoms with Crippen LogP contribution in [-0.2, 0) is 0 Å². The second-order valence-corrected chi connectivity index (χ2v) is 5.53. The van der Waals surface area contributed by atoms with Gasteiger partial charge in [0.1, 0.15) is 5.82 Å². The van der Waals surface area contributed by atoms with Gasteiger partial charge >= 0.3 is 0 Å². The maximum absolute atomic E-state index is 13.9. The summed E-state index contributed by atoms with van der Waals surface area (Å²) in [7, 11) is 0. The van der Waals surface area contributed by atoms with E-state index in [1.165, 1.54) is 0 Å². The zero-order chi connectivity index (χ0) is 11.8. The fraction of sp³-hybridized carbons (Fsp3) is 0.571. The van der Waals surface area contributed by atoms with Crippen molar-refractivity contribution in [3.8, 4) is 0 Å². The highest BCUT2D eigenvalue weighted by molar-refractivity contribution is 5.27. The van der Waals surface area contributed by atoms with Gasteiger partial charge in [0.25, 0.3) is 0 Å². The summed E-state index contributed by atoms with van der Waals surface area (Å²) in [5, 5.41) is 3.47. The van der Waals surface area contributed by atoms with Gasteiger partial charge in [-0.25, -0.2) is 4.39 Å². The van der Waals surface area contributed by atoms with Gasteiger partial charge < -0.3 is 5.32 Å². The third kappa shape index (κ3) is 2.43. The predicted molar refractivity (Wildman–Crippen MR) is 65.2 cm³/mol. The van der Waals surface area contributed by atoms with E-state index in [2.05, 4.69) is 19.2 Å². The molecule has 1 unspecified atom stereocenters. The summed E-state index contributed by atoms with van der Waals surface area (Å²) in [6.07, 6.45) is 2.04. The zero-order valence-electron chi connectivity index (χ0n) is 10.3. The molecule has 1 aromatic carbocycles. The molecule has 1 nitrogen and oxygen atoms in total. The van der Waals surface area contributed by atoms with E-state index in [1.54, 1.807) is 6.07 Å². The van der Waals surface area contributed by atoms with E-state index in [-0.39, 0.29) is 11.4 Å². The summed E-state index contributed by atoms with van der Waals surface area (Å²) in [5.74, 6) is 0.319. The van der Waals surface area contributed by atoms with E-state index in [0.29, 0.717) is 5.92 Å². The molecule has 1 aliphatic heterocycles. The SMILES string of the molecule is Cc1ccc(C2CCNC(C)(C)C2)c(F)c1. The molecule has 1 aliphatic rings. The molecule has 1 heterocycles. The van der Waals surface area contributed by atoms with E-state index in [4.69, 9.17) is 0 Å². The Labute approximate surface area is 97.1 Å². The summed E-state index contributed by atoms with van der Waals surface area (Å²) < 4.78 is 13.9. The highest BCUT2D eigenvalue weighted by Gasteiger charge is 2.29. The third-order valence-corrected chi connectivity index (χ3v) is 3.45. The van der Waals surface area contributed by atoms with E-state index in [1.807, 2.05) is 19.1 Å². The molecular weight excluding hydrogens is 201 g/mol. The lowest BCUT2D eigenvalue weighted by Gasteiger charge is -2.36. The van der Waals surface area contributed by atoms with Crippen LogP contribution in [0.25, 0.3) is 0 Å². The largest absolute Gasteiger partial charge is 0.312 e. The van der Waals surface area contributed by atoms with Crippen molar-refractivity contribution in [2.45, 2.75) is 45.1 Å². The van der Waals surface area contributed by atoms with Crippen molar-refractivity contribution in [3.05, 3.63) is 35.1 Å². The van der Waals surface area contributed by atoms with Gasteiger partial charge in [0.05, 0.1) is 0 Å². The molecule has 1 saturated heterocycles. The zero-order valence-corrected chi connectivity index (χ0v) is 10.3. The van der Waals surface area contributed by atoms with Gasteiger partial charge in [0.15, 0.2) is 0 Å². The number of benzene rings is 1. The molecule has 0 aromatic heterocycles. The Kier molecular flexibility index (Phi) is 3.02. The molecule has 0 radical (unpaired) electrons. The first-order valence-electron chi connectivity index (χ1n) is 5.99. The van der Waals surface area contributed by atoms with Gasteiger partial charge in [0, 0.05) is 5.54 Å². The molecule has 1 N–H and O–H groups in total. The van der Waals surface area contributed by atoms with Crippen molar-refractivity contribution < 1.29 is 4.39 Å². The first kappa shape index (κ1) is 11.6. The number of nitrogens with one attached hydrogen (secondary N) is 1. The second-order valence-electron chi connectivity index (χ2n) is 5.53. The van der Waals surface area contributed by atoms with Crippen LogP contribution in [0.4, 0.5) is 4.39 Å². The van der Waals surface area contributed by atoms with Crippen LogP contribution in [-0.4, -0.2) is 12.1 Å². The molecule has 0 amide bonds. The normalized spacial score (nSPS) is 24.4. The smallest absolute Gasteiger partial charge is 0.126 e. The summed E-state index contributed by atoms with van der Waals surface area (Å²) in [5.41, 5.74) is 2.01. The summed E-state index contributed by atoms with van der Waals surface area (Å²) in [6, 6.07) is 5.61. The molecule has 0 saturated carbocycles. The highest BCUT2D eigenvalue weighted by atomic mass is 19.1. The minimum absolute atomic E-state index is 0.0392. The van der Waals surface area contributed by atoms with E-state index in [0.717, 1.165) is 30.5 Å². The molecule has 0 spiro atoms. The first-order valence-corrected chi connectivity index (χ1v) is 5.99. The minimum Gasteiger partial charge on any atom is -0.312 e. The van der Waals surface area contributed by atoms with Gasteiger partial charge in [-0.2, -0.15) is 0 Å². The fourth-order valence-corrected chi connectivity index (χ4v) is 2.60. The maximum Gasteiger partial charge on any atom is 0.126 e. The van der Waals surface area contributed by atoms with Crippen LogP contribution < -0.4 is 5.32 Å². The molecule has 88 valence electrons. The first-order chi connectivity index (χ1) is 7.48. The third-order valence-electron chi connectivity index (χ3n) is 3.45. The van der Waals surface area contributed by atoms with Crippen LogP contribution in [0.2, 0.25) is 0 Å². The molecular formula is C14H20FN. The van der Waals surface area contributed by atoms with Gasteiger partial charge in [-0.15, -0.1) is 0 Å². The average molecular weight is 221 g/mol. The van der Waals surface area contributed by atoms with Crippen molar-refractivity contribution in [1.29, 1.82) is 0 Å². The maximum atomic E-state index is 13.9. The molecule has 2 heteroatoms. The van der Waals surface area contributed by atoms with E-state index in [9.17, 15) is 4.39 Å². The molecule has 1 aromatic rings. The molecule has 1 atom stereocenters. The number of hydrogen-bond donors (Lipinski definition) is 1. The van der Waals surface area contributed by atoms with Crippen molar-refractivity contribution in [3.63, 3.8) is 0 Å². The highest BCUT2D eigenvalue weighted by Crippen LogP contribution is 2.33. The van der Waals surface area contributed by atoms with Crippen LogP contribution in [0.5, 0.6) is 0 Å². The lowest BCUT2D eigenvalue weighted by Crippen LogP contribution is -2.45. The van der Waals surface area contributed by atoms with Crippen LogP contribution in [0.15, 0.2) is 18.2 Å². The Morgan fingerprint density at radius 1 is 1.38 bits per heavy atom. The molecule has 0 bridgehead atoms. The Morgan fingerprint density at radius 3 is 2.75 bits per heavy atom. The molecule has 16 heavy (non-hydrogen) atoms. The Hall–Kier alpha value is -0.890. The summed E-state index contributed by atoms with van der Waals surface area (Å²) in [4.78, 5) is 0. The van der Waals surface area contributed by atoms with Crippen molar-refractivity contribution in [2.75, 3.05) is 6.54 Å². The quantitative estimate of drug-likeness (QED) is 0.766. The van der Waals surface area contributed by atoms with Gasteiger partial charge in [-0.1, -0.05) is 12.1 Å². The fourth-order valence-electron chi connectivity index (χ4n) is 2.60. The van der Waals surface area contributed by atoms with E-state index >= 15 is 0 Å². The topological polar surface area (TPSA) is 12.0 Å². The lowest BCUT2D eigenvalue weighted by molar-refractivity contribution is 0.272. The predicted octanol–water partition coefficient (Wildman–Crippen LogP) is 3.38. The Balaban J connectivity index is 2.23. The number of aryl methyl sites for hydroxylation is 1. The van der Waals surface area contributed by atoms with Gasteiger partial charge in [0.2, 0.25) is 0 Å². The summed E-state index contributed by atoms with van der Waals surface area (Å²) in [6.45, 7) is 7.28. The molecule has 0 aliphatic carbocycles. The van der Waals surface area contributed by atoms with Gasteiger partial charge in [-0.3, -0.25) is 0 Å². The minimum atomic E-state index is -0.0392. The summed E-state index contributed by atoms with van der Waals surface area (Å²) >= 11 is 0. The van der Waals surface area contributed by atoms with Crippen molar-refractivity contribution >= 4 is 0 Å². The molecule has 2 rings (SSSR count). The van der Waals surface area contributed by atoms with Crippen LogP contribution >= 0.6 is 0 Å². The van der Waals surface area contributed by atoms with Gasteiger partial charge in [-0.05, 0) is 63.3 Å². The number of halogens is 1.